The molecule has 1 aromatic carbocycles. The van der Waals surface area contributed by atoms with Crippen LogP contribution in [0.15, 0.2) is 53.3 Å². The van der Waals surface area contributed by atoms with Crippen LogP contribution in [-0.2, 0) is 0 Å². The van der Waals surface area contributed by atoms with E-state index in [4.69, 9.17) is 0 Å². The largest absolute Gasteiger partial charge is 0.382 e. The first-order chi connectivity index (χ1) is 9.15. The van der Waals surface area contributed by atoms with E-state index in [1.807, 2.05) is 18.3 Å². The van der Waals surface area contributed by atoms with E-state index in [1.165, 1.54) is 12.1 Å². The second-order valence-electron chi connectivity index (χ2n) is 4.22. The Morgan fingerprint density at radius 1 is 1.26 bits per heavy atom. The van der Waals surface area contributed by atoms with E-state index in [1.54, 1.807) is 22.7 Å². The first-order valence-electron chi connectivity index (χ1n) is 5.71. The van der Waals surface area contributed by atoms with Gasteiger partial charge >= 0.3 is 0 Å². The summed E-state index contributed by atoms with van der Waals surface area (Å²) < 4.78 is 15.9. The smallest absolute Gasteiger partial charge is 0.137 e. The maximum Gasteiger partial charge on any atom is 0.137 e. The lowest BCUT2D eigenvalue weighted by molar-refractivity contribution is 0.214. The molecular weight excluding hydrogens is 311 g/mol. The van der Waals surface area contributed by atoms with Gasteiger partial charge in [-0.05, 0) is 45.8 Å². The minimum Gasteiger partial charge on any atom is -0.382 e. The molecule has 0 radical (unpaired) electrons. The average Bonchev–Trinajstić information content (AvgIpc) is 2.80. The molecule has 19 heavy (non-hydrogen) atoms. The minimum absolute atomic E-state index is 0.369. The lowest BCUT2D eigenvalue weighted by Gasteiger charge is -2.11. The number of benzene rings is 1. The number of rotatable bonds is 2. The topological polar surface area (TPSA) is 37.5 Å². The van der Waals surface area contributed by atoms with Crippen LogP contribution in [0.25, 0.3) is 5.65 Å². The van der Waals surface area contributed by atoms with E-state index < -0.39 is 6.10 Å². The molecule has 1 unspecified atom stereocenters. The van der Waals surface area contributed by atoms with Gasteiger partial charge in [0, 0.05) is 10.7 Å². The van der Waals surface area contributed by atoms with E-state index in [9.17, 15) is 9.50 Å². The summed E-state index contributed by atoms with van der Waals surface area (Å²) in [5.74, 6) is -0.369. The third-order valence-electron chi connectivity index (χ3n) is 2.94. The number of aliphatic hydroxyl groups excluding tert-OH is 1. The molecule has 1 N–H and O–H groups in total. The lowest BCUT2D eigenvalue weighted by Crippen LogP contribution is -2.03. The van der Waals surface area contributed by atoms with Gasteiger partial charge in [0.25, 0.3) is 0 Å². The van der Waals surface area contributed by atoms with Crippen molar-refractivity contribution in [3.05, 3.63) is 70.3 Å². The second kappa shape index (κ2) is 4.75. The summed E-state index contributed by atoms with van der Waals surface area (Å²) in [7, 11) is 0. The Hall–Kier alpha value is -1.72. The monoisotopic (exact) mass is 320 g/mol. The highest BCUT2D eigenvalue weighted by atomic mass is 79.9. The molecule has 2 heterocycles. The van der Waals surface area contributed by atoms with Crippen LogP contribution in [0.2, 0.25) is 0 Å². The Kier molecular flexibility index (Phi) is 3.08. The Morgan fingerprint density at radius 3 is 2.89 bits per heavy atom. The molecule has 0 saturated carbocycles. The van der Waals surface area contributed by atoms with Crippen LogP contribution in [0.5, 0.6) is 0 Å². The molecule has 1 atom stereocenters. The van der Waals surface area contributed by atoms with Crippen molar-refractivity contribution in [1.82, 2.24) is 9.38 Å². The molecule has 0 saturated heterocycles. The molecule has 0 spiro atoms. The van der Waals surface area contributed by atoms with Crippen LogP contribution in [-0.4, -0.2) is 14.5 Å². The average molecular weight is 321 g/mol. The van der Waals surface area contributed by atoms with Crippen molar-refractivity contribution in [2.75, 3.05) is 0 Å². The van der Waals surface area contributed by atoms with Crippen LogP contribution < -0.4 is 0 Å². The van der Waals surface area contributed by atoms with Crippen molar-refractivity contribution in [2.45, 2.75) is 6.10 Å². The van der Waals surface area contributed by atoms with E-state index in [0.29, 0.717) is 11.3 Å². The molecule has 3 rings (SSSR count). The van der Waals surface area contributed by atoms with Gasteiger partial charge in [-0.1, -0.05) is 12.1 Å². The fourth-order valence-electron chi connectivity index (χ4n) is 2.02. The zero-order valence-corrected chi connectivity index (χ0v) is 11.4. The maximum atomic E-state index is 13.2. The normalized spacial score (nSPS) is 12.8. The molecule has 0 aliphatic carbocycles. The number of imidazole rings is 1. The van der Waals surface area contributed by atoms with Crippen LogP contribution >= 0.6 is 15.9 Å². The van der Waals surface area contributed by atoms with Gasteiger partial charge in [-0.2, -0.15) is 0 Å². The van der Waals surface area contributed by atoms with Crippen molar-refractivity contribution in [3.63, 3.8) is 0 Å². The molecular formula is C14H10BrFN2O. The van der Waals surface area contributed by atoms with Gasteiger partial charge in [0.1, 0.15) is 17.6 Å². The second-order valence-corrected chi connectivity index (χ2v) is 5.13. The molecule has 2 aromatic heterocycles. The molecule has 3 nitrogen and oxygen atoms in total. The zero-order valence-electron chi connectivity index (χ0n) is 9.79. The quantitative estimate of drug-likeness (QED) is 0.786. The molecule has 0 amide bonds. The van der Waals surface area contributed by atoms with Gasteiger partial charge in [-0.25, -0.2) is 9.37 Å². The van der Waals surface area contributed by atoms with Crippen LogP contribution in [0, 0.1) is 5.82 Å². The molecule has 0 aliphatic rings. The van der Waals surface area contributed by atoms with Gasteiger partial charge in [0.2, 0.25) is 0 Å². The third kappa shape index (κ3) is 2.27. The summed E-state index contributed by atoms with van der Waals surface area (Å²) in [4.78, 5) is 4.22. The number of aliphatic hydroxyl groups is 1. The maximum absolute atomic E-state index is 13.2. The summed E-state index contributed by atoms with van der Waals surface area (Å²) in [6.07, 6.45) is 2.50. The van der Waals surface area contributed by atoms with Crippen LogP contribution in [0.4, 0.5) is 4.39 Å². The van der Waals surface area contributed by atoms with Crippen molar-refractivity contribution >= 4 is 21.6 Å². The van der Waals surface area contributed by atoms with Gasteiger partial charge < -0.3 is 5.11 Å². The Morgan fingerprint density at radius 2 is 2.11 bits per heavy atom. The van der Waals surface area contributed by atoms with Gasteiger partial charge in [-0.15, -0.1) is 0 Å². The fourth-order valence-corrected chi connectivity index (χ4v) is 2.36. The zero-order chi connectivity index (χ0) is 13.4. The highest BCUT2D eigenvalue weighted by molar-refractivity contribution is 9.10. The number of hydrogen-bond acceptors (Lipinski definition) is 2. The minimum atomic E-state index is -0.917. The number of fused-ring (bicyclic) bond motifs is 1. The summed E-state index contributed by atoms with van der Waals surface area (Å²) in [6.45, 7) is 0. The number of halogens is 2. The number of aromatic nitrogens is 2. The molecule has 0 fully saturated rings. The molecule has 96 valence electrons. The van der Waals surface area contributed by atoms with E-state index in [-0.39, 0.29) is 5.82 Å². The highest BCUT2D eigenvalue weighted by Gasteiger charge is 2.15. The summed E-state index contributed by atoms with van der Waals surface area (Å²) >= 11 is 3.38. The van der Waals surface area contributed by atoms with E-state index in [0.717, 1.165) is 10.1 Å². The van der Waals surface area contributed by atoms with Crippen LogP contribution in [0.1, 0.15) is 17.4 Å². The predicted octanol–water partition coefficient (Wildman–Crippen LogP) is 3.32. The molecule has 0 aliphatic heterocycles. The molecule has 3 aromatic rings. The lowest BCUT2D eigenvalue weighted by atomic mass is 10.1. The SMILES string of the molecule is OC(c1cccc(F)c1)c1cnc2ccc(Br)cn12. The predicted molar refractivity (Wildman–Crippen MR) is 73.4 cm³/mol. The van der Waals surface area contributed by atoms with Gasteiger partial charge in [-0.3, -0.25) is 4.40 Å². The van der Waals surface area contributed by atoms with Crippen molar-refractivity contribution < 1.29 is 9.50 Å². The van der Waals surface area contributed by atoms with Crippen molar-refractivity contribution in [3.8, 4) is 0 Å². The Labute approximate surface area is 117 Å². The van der Waals surface area contributed by atoms with Gasteiger partial charge in [0.15, 0.2) is 0 Å². The Balaban J connectivity index is 2.11. The highest BCUT2D eigenvalue weighted by Crippen LogP contribution is 2.24. The van der Waals surface area contributed by atoms with E-state index >= 15 is 0 Å². The van der Waals surface area contributed by atoms with Crippen molar-refractivity contribution in [1.29, 1.82) is 0 Å². The fraction of sp³-hybridized carbons (Fsp3) is 0.0714. The number of nitrogens with zero attached hydrogens (tertiary/aromatic N) is 2. The van der Waals surface area contributed by atoms with Crippen molar-refractivity contribution in [2.24, 2.45) is 0 Å². The van der Waals surface area contributed by atoms with E-state index in [2.05, 4.69) is 20.9 Å². The van der Waals surface area contributed by atoms with Crippen LogP contribution in [0.3, 0.4) is 0 Å². The summed E-state index contributed by atoms with van der Waals surface area (Å²) in [6, 6.07) is 9.65. The Bertz CT molecular complexity index is 741. The first kappa shape index (κ1) is 12.3. The first-order valence-corrected chi connectivity index (χ1v) is 6.50. The standard InChI is InChI=1S/C14H10BrFN2O/c15-10-4-5-13-17-7-12(18(13)8-10)14(19)9-2-1-3-11(16)6-9/h1-8,14,19H. The third-order valence-corrected chi connectivity index (χ3v) is 3.41. The summed E-state index contributed by atoms with van der Waals surface area (Å²) in [5.41, 5.74) is 1.83. The summed E-state index contributed by atoms with van der Waals surface area (Å²) in [5, 5.41) is 10.4. The number of hydrogen-bond donors (Lipinski definition) is 1. The molecule has 5 heteroatoms. The van der Waals surface area contributed by atoms with Gasteiger partial charge in [0.05, 0.1) is 11.9 Å². The number of pyridine rings is 1. The molecule has 0 bridgehead atoms.